The highest BCUT2D eigenvalue weighted by Gasteiger charge is 2.61. The number of carbonyl (C=O) groups is 1. The summed E-state index contributed by atoms with van der Waals surface area (Å²) in [5, 5.41) is 3.22. The number of benzene rings is 2. The molecule has 3 heterocycles. The number of thioether (sulfide) groups is 1. The Morgan fingerprint density at radius 1 is 1.11 bits per heavy atom. The standard InChI is InChI=1S/C25H26ClF2NO6S2/c26-15-1-3-17(4-2-15)37(31,32)25-8-9-34-21(7-10-36-14-22(30)29-16-11-33-12-16)18(25)13-35-24-20(28)6-5-19(27)23(24)25/h1-6,16,18,21H,7-14H2,(H,29,30)/t18-,21-,25-/m0/s1. The van der Waals surface area contributed by atoms with Crippen molar-refractivity contribution in [3.63, 3.8) is 0 Å². The lowest BCUT2D eigenvalue weighted by molar-refractivity contribution is -0.122. The molecule has 37 heavy (non-hydrogen) atoms. The number of sulfone groups is 1. The number of amides is 1. The van der Waals surface area contributed by atoms with E-state index >= 15 is 4.39 Å². The molecule has 3 aliphatic heterocycles. The molecule has 200 valence electrons. The summed E-state index contributed by atoms with van der Waals surface area (Å²) in [7, 11) is -4.25. The van der Waals surface area contributed by atoms with Crippen LogP contribution in [-0.2, 0) is 28.9 Å². The molecule has 2 aromatic carbocycles. The second-order valence-corrected chi connectivity index (χ2v) is 13.0. The number of fused-ring (bicyclic) bond motifs is 3. The van der Waals surface area contributed by atoms with Gasteiger partial charge < -0.3 is 19.5 Å². The van der Waals surface area contributed by atoms with Crippen LogP contribution in [0.25, 0.3) is 0 Å². The van der Waals surface area contributed by atoms with Crippen molar-refractivity contribution in [2.24, 2.45) is 5.92 Å². The van der Waals surface area contributed by atoms with Crippen molar-refractivity contribution in [1.82, 2.24) is 5.32 Å². The Labute approximate surface area is 223 Å². The van der Waals surface area contributed by atoms with E-state index < -0.39 is 38.2 Å². The minimum Gasteiger partial charge on any atom is -0.490 e. The topological polar surface area (TPSA) is 90.9 Å². The van der Waals surface area contributed by atoms with Gasteiger partial charge in [0.1, 0.15) is 10.6 Å². The van der Waals surface area contributed by atoms with Gasteiger partial charge in [0.25, 0.3) is 0 Å². The molecule has 3 atom stereocenters. The van der Waals surface area contributed by atoms with Crippen molar-refractivity contribution in [2.45, 2.75) is 34.6 Å². The van der Waals surface area contributed by atoms with E-state index in [9.17, 15) is 17.6 Å². The molecule has 1 N–H and O–H groups in total. The zero-order chi connectivity index (χ0) is 26.2. The Bertz CT molecular complexity index is 1270. The fourth-order valence-corrected chi connectivity index (χ4v) is 8.57. The molecule has 7 nitrogen and oxygen atoms in total. The van der Waals surface area contributed by atoms with Crippen LogP contribution in [0.15, 0.2) is 41.3 Å². The number of halogens is 3. The lowest BCUT2D eigenvalue weighted by Gasteiger charge is -2.50. The van der Waals surface area contributed by atoms with E-state index in [4.69, 9.17) is 25.8 Å². The zero-order valence-electron chi connectivity index (χ0n) is 19.8. The van der Waals surface area contributed by atoms with Crippen LogP contribution in [0.2, 0.25) is 5.02 Å². The Balaban J connectivity index is 1.44. The van der Waals surface area contributed by atoms with Gasteiger partial charge >= 0.3 is 0 Å². The first-order chi connectivity index (χ1) is 17.7. The number of rotatable bonds is 8. The summed E-state index contributed by atoms with van der Waals surface area (Å²) in [6.07, 6.45) is -0.264. The molecule has 0 aromatic heterocycles. The third-order valence-corrected chi connectivity index (χ3v) is 10.9. The Hall–Kier alpha value is -1.92. The predicted octanol–water partition coefficient (Wildman–Crippen LogP) is 3.72. The minimum absolute atomic E-state index is 0.0370. The average Bonchev–Trinajstić information content (AvgIpc) is 2.86. The second-order valence-electron chi connectivity index (χ2n) is 9.30. The third-order valence-electron chi connectivity index (χ3n) is 7.13. The van der Waals surface area contributed by atoms with Gasteiger partial charge in [0.15, 0.2) is 21.4 Å². The number of ether oxygens (including phenoxy) is 3. The van der Waals surface area contributed by atoms with E-state index in [2.05, 4.69) is 5.32 Å². The first-order valence-corrected chi connectivity index (χ1v) is 14.9. The van der Waals surface area contributed by atoms with Crippen molar-refractivity contribution in [2.75, 3.05) is 37.9 Å². The van der Waals surface area contributed by atoms with E-state index in [1.165, 1.54) is 36.0 Å². The molecule has 0 unspecified atom stereocenters. The van der Waals surface area contributed by atoms with E-state index in [1.807, 2.05) is 0 Å². The summed E-state index contributed by atoms with van der Waals surface area (Å²) in [5.74, 6) is -2.19. The fourth-order valence-electron chi connectivity index (χ4n) is 5.29. The van der Waals surface area contributed by atoms with E-state index in [0.29, 0.717) is 30.4 Å². The van der Waals surface area contributed by atoms with Crippen molar-refractivity contribution in [3.8, 4) is 5.75 Å². The van der Waals surface area contributed by atoms with Crippen LogP contribution in [0.5, 0.6) is 5.75 Å². The maximum atomic E-state index is 15.4. The molecular weight excluding hydrogens is 548 g/mol. The Morgan fingerprint density at radius 2 is 1.84 bits per heavy atom. The van der Waals surface area contributed by atoms with Crippen LogP contribution >= 0.6 is 23.4 Å². The summed E-state index contributed by atoms with van der Waals surface area (Å²) < 4.78 is 73.6. The Morgan fingerprint density at radius 3 is 2.54 bits per heavy atom. The summed E-state index contributed by atoms with van der Waals surface area (Å²) in [4.78, 5) is 12.1. The van der Waals surface area contributed by atoms with Crippen molar-refractivity contribution in [3.05, 3.63) is 58.6 Å². The molecule has 12 heteroatoms. The van der Waals surface area contributed by atoms with Gasteiger partial charge in [0.2, 0.25) is 5.91 Å². The normalized spacial score (nSPS) is 25.4. The molecule has 2 aromatic rings. The molecule has 0 bridgehead atoms. The third kappa shape index (κ3) is 4.85. The van der Waals surface area contributed by atoms with E-state index in [0.717, 1.165) is 12.1 Å². The predicted molar refractivity (Wildman–Crippen MR) is 135 cm³/mol. The highest BCUT2D eigenvalue weighted by atomic mass is 35.5. The van der Waals surface area contributed by atoms with Gasteiger partial charge in [0.05, 0.1) is 48.2 Å². The molecule has 5 rings (SSSR count). The van der Waals surface area contributed by atoms with Crippen LogP contribution in [0, 0.1) is 17.6 Å². The zero-order valence-corrected chi connectivity index (χ0v) is 22.1. The minimum atomic E-state index is -4.25. The van der Waals surface area contributed by atoms with Gasteiger partial charge in [0, 0.05) is 17.5 Å². The molecule has 0 saturated carbocycles. The van der Waals surface area contributed by atoms with Gasteiger partial charge in [-0.3, -0.25) is 4.79 Å². The molecule has 0 radical (unpaired) electrons. The van der Waals surface area contributed by atoms with Crippen LogP contribution in [0.3, 0.4) is 0 Å². The summed E-state index contributed by atoms with van der Waals surface area (Å²) in [6, 6.07) is 7.58. The van der Waals surface area contributed by atoms with Gasteiger partial charge in [-0.25, -0.2) is 17.2 Å². The fraction of sp³-hybridized carbons (Fsp3) is 0.480. The molecule has 1 amide bonds. The smallest absolute Gasteiger partial charge is 0.230 e. The number of carbonyl (C=O) groups excluding carboxylic acids is 1. The lowest BCUT2D eigenvalue weighted by Crippen LogP contribution is -2.57. The number of hydrogen-bond acceptors (Lipinski definition) is 7. The number of hydrogen-bond donors (Lipinski definition) is 1. The Kier molecular flexibility index (Phi) is 7.70. The largest absolute Gasteiger partial charge is 0.490 e. The molecule has 0 aliphatic carbocycles. The first-order valence-electron chi connectivity index (χ1n) is 11.9. The summed E-state index contributed by atoms with van der Waals surface area (Å²) in [5.41, 5.74) is -0.290. The average molecular weight is 574 g/mol. The van der Waals surface area contributed by atoms with Crippen LogP contribution < -0.4 is 10.1 Å². The highest BCUT2D eigenvalue weighted by Crippen LogP contribution is 2.56. The monoisotopic (exact) mass is 573 g/mol. The van der Waals surface area contributed by atoms with Crippen LogP contribution in [0.4, 0.5) is 8.78 Å². The van der Waals surface area contributed by atoms with E-state index in [1.54, 1.807) is 0 Å². The highest BCUT2D eigenvalue weighted by molar-refractivity contribution is 7.99. The number of nitrogens with one attached hydrogen (secondary N) is 1. The SMILES string of the molecule is O=C(CSCC[C@@H]1OCC[C@@]2(S(=O)(=O)c3ccc(Cl)cc3)c3c(F)ccc(F)c3OC[C@@H]12)NC1COC1. The van der Waals surface area contributed by atoms with Crippen LogP contribution in [-0.4, -0.2) is 64.4 Å². The van der Waals surface area contributed by atoms with Crippen LogP contribution in [0.1, 0.15) is 18.4 Å². The lowest BCUT2D eigenvalue weighted by atomic mass is 9.75. The summed E-state index contributed by atoms with van der Waals surface area (Å²) in [6.45, 7) is 0.904. The van der Waals surface area contributed by atoms with Gasteiger partial charge in [-0.1, -0.05) is 11.6 Å². The first kappa shape index (κ1) is 26.7. The maximum Gasteiger partial charge on any atom is 0.230 e. The van der Waals surface area contributed by atoms with Crippen molar-refractivity contribution >= 4 is 39.1 Å². The van der Waals surface area contributed by atoms with Crippen molar-refractivity contribution < 1.29 is 36.2 Å². The van der Waals surface area contributed by atoms with Gasteiger partial charge in [-0.2, -0.15) is 11.8 Å². The molecule has 0 spiro atoms. The quantitative estimate of drug-likeness (QED) is 0.481. The maximum absolute atomic E-state index is 15.4. The molecule has 2 saturated heterocycles. The molecule has 2 fully saturated rings. The second kappa shape index (κ2) is 10.7. The molecule has 3 aliphatic rings. The van der Waals surface area contributed by atoms with E-state index in [-0.39, 0.29) is 53.5 Å². The summed E-state index contributed by atoms with van der Waals surface area (Å²) >= 11 is 7.38. The van der Waals surface area contributed by atoms with Crippen molar-refractivity contribution in [1.29, 1.82) is 0 Å². The van der Waals surface area contributed by atoms with Gasteiger partial charge in [-0.05, 0) is 55.0 Å². The molecular formula is C25H26ClF2NO6S2. The van der Waals surface area contributed by atoms with Gasteiger partial charge in [-0.15, -0.1) is 0 Å².